The highest BCUT2D eigenvalue weighted by atomic mass is 16.6. The molecular weight excluding hydrogens is 222 g/mol. The molecule has 1 heterocycles. The third kappa shape index (κ3) is 4.60. The molecule has 6 heteroatoms. The van der Waals surface area contributed by atoms with Crippen molar-refractivity contribution in [2.24, 2.45) is 5.73 Å². The Morgan fingerprint density at radius 2 is 2.12 bits per heavy atom. The Bertz CT molecular complexity index is 299. The lowest BCUT2D eigenvalue weighted by Crippen LogP contribution is -2.42. The Kier molecular flexibility index (Phi) is 4.34. The smallest absolute Gasteiger partial charge is 0.410 e. The lowest BCUT2D eigenvalue weighted by atomic mass is 10.2. The van der Waals surface area contributed by atoms with E-state index in [1.807, 2.05) is 20.8 Å². The van der Waals surface area contributed by atoms with E-state index in [0.717, 1.165) is 6.42 Å². The van der Waals surface area contributed by atoms with Crippen molar-refractivity contribution in [1.82, 2.24) is 10.2 Å². The van der Waals surface area contributed by atoms with Gasteiger partial charge in [0, 0.05) is 19.1 Å². The maximum absolute atomic E-state index is 11.7. The molecule has 1 fully saturated rings. The zero-order valence-electron chi connectivity index (χ0n) is 10.7. The van der Waals surface area contributed by atoms with Crippen LogP contribution in [0, 0.1) is 0 Å². The van der Waals surface area contributed by atoms with Crippen molar-refractivity contribution < 1.29 is 14.3 Å². The van der Waals surface area contributed by atoms with Gasteiger partial charge in [0.25, 0.3) is 0 Å². The van der Waals surface area contributed by atoms with Crippen molar-refractivity contribution in [3.8, 4) is 0 Å². The molecule has 3 N–H and O–H groups in total. The van der Waals surface area contributed by atoms with E-state index < -0.39 is 5.60 Å². The Balaban J connectivity index is 2.39. The fourth-order valence-corrected chi connectivity index (χ4v) is 1.66. The van der Waals surface area contributed by atoms with Gasteiger partial charge in [-0.05, 0) is 27.2 Å². The molecule has 0 aromatic rings. The predicted molar refractivity (Wildman–Crippen MR) is 63.4 cm³/mol. The van der Waals surface area contributed by atoms with Crippen molar-refractivity contribution in [2.45, 2.75) is 38.8 Å². The van der Waals surface area contributed by atoms with Crippen LogP contribution in [-0.2, 0) is 9.53 Å². The molecule has 0 unspecified atom stereocenters. The van der Waals surface area contributed by atoms with Gasteiger partial charge in [0.2, 0.25) is 5.91 Å². The molecule has 1 rings (SSSR count). The zero-order chi connectivity index (χ0) is 13.1. The first-order chi connectivity index (χ1) is 7.81. The average Bonchev–Trinajstić information content (AvgIpc) is 2.63. The lowest BCUT2D eigenvalue weighted by Gasteiger charge is -2.24. The van der Waals surface area contributed by atoms with Gasteiger partial charge in [0.15, 0.2) is 0 Å². The van der Waals surface area contributed by atoms with Crippen LogP contribution in [0.25, 0.3) is 0 Å². The molecule has 0 saturated carbocycles. The largest absolute Gasteiger partial charge is 0.444 e. The first-order valence-electron chi connectivity index (χ1n) is 5.79. The van der Waals surface area contributed by atoms with Gasteiger partial charge in [-0.25, -0.2) is 4.79 Å². The monoisotopic (exact) mass is 243 g/mol. The Morgan fingerprint density at radius 1 is 1.47 bits per heavy atom. The first-order valence-corrected chi connectivity index (χ1v) is 5.79. The standard InChI is InChI=1S/C11H21N3O3/c1-11(2,3)17-10(16)14-5-4-8(7-14)13-9(15)6-12/h8H,4-7,12H2,1-3H3,(H,13,15)/t8-/m1/s1. The highest BCUT2D eigenvalue weighted by Crippen LogP contribution is 2.15. The van der Waals surface area contributed by atoms with Crippen molar-refractivity contribution in [3.05, 3.63) is 0 Å². The van der Waals surface area contributed by atoms with Crippen molar-refractivity contribution in [1.29, 1.82) is 0 Å². The average molecular weight is 243 g/mol. The summed E-state index contributed by atoms with van der Waals surface area (Å²) < 4.78 is 5.25. The van der Waals surface area contributed by atoms with Crippen LogP contribution in [0.2, 0.25) is 0 Å². The van der Waals surface area contributed by atoms with E-state index in [4.69, 9.17) is 10.5 Å². The number of nitrogens with zero attached hydrogens (tertiary/aromatic N) is 1. The van der Waals surface area contributed by atoms with Gasteiger partial charge in [-0.3, -0.25) is 4.79 Å². The fourth-order valence-electron chi connectivity index (χ4n) is 1.66. The van der Waals surface area contributed by atoms with Gasteiger partial charge < -0.3 is 20.7 Å². The minimum Gasteiger partial charge on any atom is -0.444 e. The van der Waals surface area contributed by atoms with Crippen LogP contribution in [0.5, 0.6) is 0 Å². The summed E-state index contributed by atoms with van der Waals surface area (Å²) in [6, 6.07) is -0.0152. The predicted octanol–water partition coefficient (Wildman–Crippen LogP) is 0.0707. The topological polar surface area (TPSA) is 84.7 Å². The molecule has 0 aliphatic carbocycles. The molecule has 1 saturated heterocycles. The van der Waals surface area contributed by atoms with Crippen LogP contribution in [-0.4, -0.2) is 48.2 Å². The summed E-state index contributed by atoms with van der Waals surface area (Å²) in [5.74, 6) is -0.193. The van der Waals surface area contributed by atoms with Gasteiger partial charge >= 0.3 is 6.09 Å². The van der Waals surface area contributed by atoms with Crippen molar-refractivity contribution >= 4 is 12.0 Å². The lowest BCUT2D eigenvalue weighted by molar-refractivity contribution is -0.120. The number of likely N-dealkylation sites (tertiary alicyclic amines) is 1. The van der Waals surface area contributed by atoms with Crippen LogP contribution in [0.15, 0.2) is 0 Å². The van der Waals surface area contributed by atoms with E-state index in [1.165, 1.54) is 0 Å². The molecule has 0 aromatic carbocycles. The summed E-state index contributed by atoms with van der Waals surface area (Å²) in [6.07, 6.45) is 0.410. The summed E-state index contributed by atoms with van der Waals surface area (Å²) in [5, 5.41) is 2.76. The molecule has 1 atom stereocenters. The van der Waals surface area contributed by atoms with Gasteiger partial charge in [0.1, 0.15) is 5.60 Å². The Labute approximate surface area is 101 Å². The fraction of sp³-hybridized carbons (Fsp3) is 0.818. The molecular formula is C11H21N3O3. The number of carbonyl (C=O) groups is 2. The van der Waals surface area contributed by atoms with Crippen LogP contribution in [0.3, 0.4) is 0 Å². The van der Waals surface area contributed by atoms with E-state index in [0.29, 0.717) is 13.1 Å². The maximum Gasteiger partial charge on any atom is 0.410 e. The molecule has 0 bridgehead atoms. The minimum absolute atomic E-state index is 0.0152. The number of amides is 2. The number of hydrogen-bond acceptors (Lipinski definition) is 4. The Morgan fingerprint density at radius 3 is 2.65 bits per heavy atom. The third-order valence-corrected chi connectivity index (χ3v) is 2.39. The number of ether oxygens (including phenoxy) is 1. The summed E-state index contributed by atoms with van der Waals surface area (Å²) in [7, 11) is 0. The Hall–Kier alpha value is -1.30. The second-order valence-electron chi connectivity index (χ2n) is 5.18. The molecule has 0 aromatic heterocycles. The molecule has 6 nitrogen and oxygen atoms in total. The SMILES string of the molecule is CC(C)(C)OC(=O)N1CC[C@@H](NC(=O)CN)C1. The van der Waals surface area contributed by atoms with Crippen LogP contribution in [0.1, 0.15) is 27.2 Å². The van der Waals surface area contributed by atoms with E-state index in [-0.39, 0.29) is 24.6 Å². The quantitative estimate of drug-likeness (QED) is 0.719. The van der Waals surface area contributed by atoms with Crippen LogP contribution >= 0.6 is 0 Å². The van der Waals surface area contributed by atoms with Gasteiger partial charge in [-0.1, -0.05) is 0 Å². The molecule has 0 spiro atoms. The summed E-state index contributed by atoms with van der Waals surface area (Å²) in [6.45, 7) is 6.55. The minimum atomic E-state index is -0.490. The first kappa shape index (κ1) is 13.8. The third-order valence-electron chi connectivity index (χ3n) is 2.39. The van der Waals surface area contributed by atoms with E-state index in [9.17, 15) is 9.59 Å². The van der Waals surface area contributed by atoms with Gasteiger partial charge in [-0.2, -0.15) is 0 Å². The van der Waals surface area contributed by atoms with Crippen molar-refractivity contribution in [2.75, 3.05) is 19.6 Å². The summed E-state index contributed by atoms with van der Waals surface area (Å²) >= 11 is 0. The van der Waals surface area contributed by atoms with Crippen LogP contribution < -0.4 is 11.1 Å². The summed E-state index contributed by atoms with van der Waals surface area (Å²) in [4.78, 5) is 24.4. The zero-order valence-corrected chi connectivity index (χ0v) is 10.7. The molecule has 1 aliphatic rings. The molecule has 98 valence electrons. The van der Waals surface area contributed by atoms with Gasteiger partial charge in [0.05, 0.1) is 6.54 Å². The number of nitrogens with two attached hydrogens (primary N) is 1. The van der Waals surface area contributed by atoms with Crippen molar-refractivity contribution in [3.63, 3.8) is 0 Å². The second-order valence-corrected chi connectivity index (χ2v) is 5.18. The summed E-state index contributed by atoms with van der Waals surface area (Å²) in [5.41, 5.74) is 4.72. The molecule has 2 amide bonds. The van der Waals surface area contributed by atoms with E-state index >= 15 is 0 Å². The maximum atomic E-state index is 11.7. The number of nitrogens with one attached hydrogen (secondary N) is 1. The van der Waals surface area contributed by atoms with E-state index in [1.54, 1.807) is 4.90 Å². The number of carbonyl (C=O) groups excluding carboxylic acids is 2. The number of hydrogen-bond donors (Lipinski definition) is 2. The highest BCUT2D eigenvalue weighted by molar-refractivity contribution is 5.78. The normalized spacial score (nSPS) is 20.2. The molecule has 0 radical (unpaired) electrons. The highest BCUT2D eigenvalue weighted by Gasteiger charge is 2.30. The van der Waals surface area contributed by atoms with Crippen LogP contribution in [0.4, 0.5) is 4.79 Å². The molecule has 1 aliphatic heterocycles. The second kappa shape index (κ2) is 5.35. The van der Waals surface area contributed by atoms with Gasteiger partial charge in [-0.15, -0.1) is 0 Å². The molecule has 17 heavy (non-hydrogen) atoms. The van der Waals surface area contributed by atoms with E-state index in [2.05, 4.69) is 5.32 Å². The number of rotatable bonds is 2.